The zero-order valence-corrected chi connectivity index (χ0v) is 15.7. The van der Waals surface area contributed by atoms with Gasteiger partial charge in [0.2, 0.25) is 0 Å². The molecule has 1 aromatic carbocycles. The summed E-state index contributed by atoms with van der Waals surface area (Å²) in [5.41, 5.74) is 0.403. The normalized spacial score (nSPS) is 15.9. The number of piperidine rings is 1. The molecule has 1 atom stereocenters. The Kier molecular flexibility index (Phi) is 7.21. The molecule has 1 fully saturated rings. The van der Waals surface area contributed by atoms with Crippen LogP contribution in [0.5, 0.6) is 0 Å². The average molecular weight is 376 g/mol. The van der Waals surface area contributed by atoms with Crippen LogP contribution in [0.15, 0.2) is 12.1 Å². The van der Waals surface area contributed by atoms with E-state index in [9.17, 15) is 23.6 Å². The lowest BCUT2D eigenvalue weighted by atomic mass is 9.97. The summed E-state index contributed by atoms with van der Waals surface area (Å²) in [6.45, 7) is 2.84. The van der Waals surface area contributed by atoms with Crippen molar-refractivity contribution in [1.29, 1.82) is 0 Å². The van der Waals surface area contributed by atoms with Crippen LogP contribution in [0.25, 0.3) is 0 Å². The van der Waals surface area contributed by atoms with Crippen LogP contribution in [-0.2, 0) is 9.59 Å². The molecule has 0 N–H and O–H groups in total. The number of carbonyl (C=O) groups excluding carboxylic acids is 4. The maximum absolute atomic E-state index is 14.5. The molecule has 1 saturated heterocycles. The van der Waals surface area contributed by atoms with Crippen molar-refractivity contribution in [3.05, 3.63) is 29.1 Å². The molecule has 27 heavy (non-hydrogen) atoms. The fraction of sp³-hybridized carbons (Fsp3) is 0.500. The van der Waals surface area contributed by atoms with E-state index in [1.807, 2.05) is 6.92 Å². The zero-order chi connectivity index (χ0) is 20.0. The van der Waals surface area contributed by atoms with Crippen LogP contribution in [0, 0.1) is 11.7 Å². The maximum atomic E-state index is 14.5. The van der Waals surface area contributed by atoms with Gasteiger partial charge in [-0.2, -0.15) is 0 Å². The molecule has 0 saturated carbocycles. The van der Waals surface area contributed by atoms with Crippen molar-refractivity contribution in [3.8, 4) is 0 Å². The van der Waals surface area contributed by atoms with Crippen LogP contribution in [0.3, 0.4) is 0 Å². The number of hydrogen-bond acceptors (Lipinski definition) is 5. The third kappa shape index (κ3) is 4.78. The lowest BCUT2D eigenvalue weighted by Crippen LogP contribution is -2.37. The predicted octanol–water partition coefficient (Wildman–Crippen LogP) is 2.49. The molecule has 2 rings (SSSR count). The van der Waals surface area contributed by atoms with E-state index in [4.69, 9.17) is 0 Å². The number of carbonyl (C=O) groups is 4. The predicted molar refractivity (Wildman–Crippen MR) is 99.6 cm³/mol. The van der Waals surface area contributed by atoms with Crippen LogP contribution in [0.2, 0.25) is 0 Å². The Morgan fingerprint density at radius 2 is 1.96 bits per heavy atom. The summed E-state index contributed by atoms with van der Waals surface area (Å²) in [5.74, 6) is -0.973. The number of aldehydes is 3. The average Bonchev–Trinajstić information content (AvgIpc) is 2.70. The summed E-state index contributed by atoms with van der Waals surface area (Å²) in [6.07, 6.45) is 4.30. The van der Waals surface area contributed by atoms with E-state index >= 15 is 0 Å². The van der Waals surface area contributed by atoms with Crippen molar-refractivity contribution < 1.29 is 23.6 Å². The van der Waals surface area contributed by atoms with Crippen LogP contribution >= 0.6 is 0 Å². The van der Waals surface area contributed by atoms with E-state index in [0.717, 1.165) is 18.6 Å². The molecule has 0 aliphatic carbocycles. The monoisotopic (exact) mass is 376 g/mol. The topological polar surface area (TPSA) is 74.8 Å². The van der Waals surface area contributed by atoms with Gasteiger partial charge >= 0.3 is 0 Å². The molecular formula is C20H25FN2O4. The first-order valence-electron chi connectivity index (χ1n) is 9.12. The smallest absolute Gasteiger partial charge is 0.254 e. The third-order valence-corrected chi connectivity index (χ3v) is 5.23. The number of amides is 1. The Hall–Kier alpha value is -2.57. The van der Waals surface area contributed by atoms with Crippen LogP contribution in [-0.4, -0.2) is 55.8 Å². The second-order valence-corrected chi connectivity index (χ2v) is 6.98. The molecule has 146 valence electrons. The first-order chi connectivity index (χ1) is 12.9. The summed E-state index contributed by atoms with van der Waals surface area (Å²) >= 11 is 0. The first-order valence-corrected chi connectivity index (χ1v) is 9.12. The fourth-order valence-corrected chi connectivity index (χ4v) is 3.27. The van der Waals surface area contributed by atoms with Crippen LogP contribution in [0.1, 0.15) is 53.3 Å². The third-order valence-electron chi connectivity index (χ3n) is 5.23. The van der Waals surface area contributed by atoms with Gasteiger partial charge in [-0.25, -0.2) is 4.39 Å². The Bertz CT molecular complexity index is 714. The van der Waals surface area contributed by atoms with Gasteiger partial charge < -0.3 is 19.4 Å². The van der Waals surface area contributed by atoms with Gasteiger partial charge in [-0.3, -0.25) is 9.59 Å². The molecule has 1 heterocycles. The second kappa shape index (κ2) is 9.39. The van der Waals surface area contributed by atoms with Gasteiger partial charge in [-0.15, -0.1) is 0 Å². The maximum Gasteiger partial charge on any atom is 0.254 e. The lowest BCUT2D eigenvalue weighted by molar-refractivity contribution is -0.111. The number of anilines is 1. The summed E-state index contributed by atoms with van der Waals surface area (Å²) in [5, 5.41) is 0. The fourth-order valence-electron chi connectivity index (χ4n) is 3.27. The van der Waals surface area contributed by atoms with E-state index in [-0.39, 0.29) is 34.7 Å². The van der Waals surface area contributed by atoms with E-state index < -0.39 is 5.82 Å². The van der Waals surface area contributed by atoms with E-state index in [1.54, 1.807) is 11.9 Å². The minimum atomic E-state index is -0.560. The molecule has 1 unspecified atom stereocenters. The van der Waals surface area contributed by atoms with Crippen molar-refractivity contribution >= 4 is 30.5 Å². The van der Waals surface area contributed by atoms with Crippen molar-refractivity contribution in [2.45, 2.75) is 38.6 Å². The Morgan fingerprint density at radius 3 is 2.52 bits per heavy atom. The highest BCUT2D eigenvalue weighted by Gasteiger charge is 2.25. The molecule has 1 aliphatic heterocycles. The molecule has 1 aromatic rings. The molecule has 6 nitrogen and oxygen atoms in total. The second-order valence-electron chi connectivity index (χ2n) is 6.98. The van der Waals surface area contributed by atoms with Gasteiger partial charge in [0.25, 0.3) is 5.91 Å². The Morgan fingerprint density at radius 1 is 1.30 bits per heavy atom. The quantitative estimate of drug-likeness (QED) is 0.652. The van der Waals surface area contributed by atoms with E-state index in [2.05, 4.69) is 0 Å². The highest BCUT2D eigenvalue weighted by atomic mass is 19.1. The molecule has 0 spiro atoms. The van der Waals surface area contributed by atoms with Gasteiger partial charge in [0, 0.05) is 44.1 Å². The SMILES string of the molecule is CC(CCC=O)N(C)C(=O)c1cc(N2CCC(C=O)CC2)c(F)cc1C=O. The van der Waals surface area contributed by atoms with E-state index in [0.29, 0.717) is 45.1 Å². The molecular weight excluding hydrogens is 351 g/mol. The summed E-state index contributed by atoms with van der Waals surface area (Å²) < 4.78 is 14.5. The van der Waals surface area contributed by atoms with Crippen LogP contribution in [0.4, 0.5) is 10.1 Å². The van der Waals surface area contributed by atoms with Gasteiger partial charge in [0.05, 0.1) is 11.3 Å². The molecule has 1 aliphatic rings. The minimum absolute atomic E-state index is 0.00142. The summed E-state index contributed by atoms with van der Waals surface area (Å²) in [4.78, 5) is 49.0. The highest BCUT2D eigenvalue weighted by Crippen LogP contribution is 2.28. The largest absolute Gasteiger partial charge is 0.369 e. The Balaban J connectivity index is 2.30. The van der Waals surface area contributed by atoms with Crippen molar-refractivity contribution in [2.24, 2.45) is 5.92 Å². The number of halogens is 1. The minimum Gasteiger partial charge on any atom is -0.369 e. The number of rotatable bonds is 8. The molecule has 1 amide bonds. The van der Waals surface area contributed by atoms with Crippen molar-refractivity contribution in [1.82, 2.24) is 4.90 Å². The molecule has 7 heteroatoms. The number of benzene rings is 1. The van der Waals surface area contributed by atoms with Gasteiger partial charge in [-0.1, -0.05) is 0 Å². The standard InChI is InChI=1S/C20H25FN2O4/c1-14(4-3-9-24)22(2)20(27)17-11-19(18(21)10-16(17)13-26)23-7-5-15(12-25)6-8-23/h9-15H,3-8H2,1-2H3. The van der Waals surface area contributed by atoms with Crippen molar-refractivity contribution in [2.75, 3.05) is 25.0 Å². The lowest BCUT2D eigenvalue weighted by Gasteiger charge is -2.32. The summed E-state index contributed by atoms with van der Waals surface area (Å²) in [7, 11) is 1.60. The summed E-state index contributed by atoms with van der Waals surface area (Å²) in [6, 6.07) is 2.32. The molecule has 0 aromatic heterocycles. The van der Waals surface area contributed by atoms with Gasteiger partial charge in [-0.05, 0) is 38.3 Å². The van der Waals surface area contributed by atoms with Gasteiger partial charge in [0.15, 0.2) is 6.29 Å². The van der Waals surface area contributed by atoms with Gasteiger partial charge in [0.1, 0.15) is 18.4 Å². The van der Waals surface area contributed by atoms with Crippen molar-refractivity contribution in [3.63, 3.8) is 0 Å². The number of nitrogens with zero attached hydrogens (tertiary/aromatic N) is 2. The van der Waals surface area contributed by atoms with Crippen LogP contribution < -0.4 is 4.90 Å². The molecule has 0 radical (unpaired) electrons. The highest BCUT2D eigenvalue weighted by molar-refractivity contribution is 6.02. The Labute approximate surface area is 158 Å². The zero-order valence-electron chi connectivity index (χ0n) is 15.7. The first kappa shape index (κ1) is 20.7. The number of hydrogen-bond donors (Lipinski definition) is 0. The van der Waals surface area contributed by atoms with E-state index in [1.165, 1.54) is 11.0 Å². The molecule has 0 bridgehead atoms.